The molecule has 1 aromatic heterocycles. The van der Waals surface area contributed by atoms with Crippen molar-refractivity contribution in [1.82, 2.24) is 4.98 Å². The first-order valence-corrected chi connectivity index (χ1v) is 7.37. The monoisotopic (exact) mass is 321 g/mol. The molecule has 2 heteroatoms. The molecule has 0 radical (unpaired) electrons. The van der Waals surface area contributed by atoms with E-state index in [4.69, 9.17) is 0 Å². The molecule has 1 nitrogen and oxygen atoms in total. The van der Waals surface area contributed by atoms with Gasteiger partial charge in [-0.1, -0.05) is 54.6 Å². The summed E-state index contributed by atoms with van der Waals surface area (Å²) in [4.78, 5) is 3.53. The second-order valence-electron chi connectivity index (χ2n) is 4.91. The maximum atomic E-state index is 3.60. The number of hydrogen-bond acceptors (Lipinski definition) is 0. The van der Waals surface area contributed by atoms with Gasteiger partial charge in [0.2, 0.25) is 0 Å². The number of fused-ring (bicyclic) bond motifs is 2. The molecule has 1 N–H and O–H groups in total. The molecule has 0 aliphatic heterocycles. The summed E-state index contributed by atoms with van der Waals surface area (Å²) in [5.74, 6) is 0. The maximum Gasteiger partial charge on any atom is 0.0603 e. The van der Waals surface area contributed by atoms with E-state index in [1.807, 2.05) is 0 Å². The molecule has 0 fully saturated rings. The normalized spacial score (nSPS) is 11.2. The zero-order chi connectivity index (χ0) is 13.5. The number of halogens is 1. The quantitative estimate of drug-likeness (QED) is 0.459. The minimum atomic E-state index is 1.10. The molecule has 0 bridgehead atoms. The molecular formula is C18H12BrN. The Bertz CT molecular complexity index is 916. The van der Waals surface area contributed by atoms with Crippen molar-refractivity contribution in [3.05, 3.63) is 71.2 Å². The first-order valence-electron chi connectivity index (χ1n) is 6.58. The van der Waals surface area contributed by atoms with Gasteiger partial charge in [-0.25, -0.2) is 0 Å². The maximum absolute atomic E-state index is 3.60. The molecule has 0 saturated carbocycles. The van der Waals surface area contributed by atoms with Crippen molar-refractivity contribution >= 4 is 37.6 Å². The highest BCUT2D eigenvalue weighted by Crippen LogP contribution is 2.32. The fourth-order valence-corrected chi connectivity index (χ4v) is 3.21. The van der Waals surface area contributed by atoms with Crippen molar-refractivity contribution < 1.29 is 0 Å². The third-order valence-electron chi connectivity index (χ3n) is 3.69. The molecule has 0 atom stereocenters. The first kappa shape index (κ1) is 11.7. The first-order chi connectivity index (χ1) is 9.83. The molecule has 0 aliphatic rings. The third kappa shape index (κ3) is 1.76. The van der Waals surface area contributed by atoms with Gasteiger partial charge in [0.1, 0.15) is 0 Å². The van der Waals surface area contributed by atoms with Crippen LogP contribution >= 0.6 is 15.9 Å². The molecule has 0 aliphatic carbocycles. The average molecular weight is 322 g/mol. The fourth-order valence-electron chi connectivity index (χ4n) is 2.72. The standard InChI is InChI=1S/C18H12BrN/c19-16-10-4-7-13-11-17(20-18(13)16)15-9-3-6-12-5-1-2-8-14(12)15/h1-11,20H. The fraction of sp³-hybridized carbons (Fsp3) is 0. The zero-order valence-electron chi connectivity index (χ0n) is 10.7. The summed E-state index contributed by atoms with van der Waals surface area (Å²) < 4.78 is 1.10. The van der Waals surface area contributed by atoms with Gasteiger partial charge in [0.25, 0.3) is 0 Å². The molecule has 0 unspecified atom stereocenters. The van der Waals surface area contributed by atoms with Crippen molar-refractivity contribution in [2.45, 2.75) is 0 Å². The van der Waals surface area contributed by atoms with Gasteiger partial charge in [-0.05, 0) is 38.8 Å². The predicted octanol–water partition coefficient (Wildman–Crippen LogP) is 5.75. The molecule has 20 heavy (non-hydrogen) atoms. The van der Waals surface area contributed by atoms with Crippen LogP contribution in [-0.4, -0.2) is 4.98 Å². The lowest BCUT2D eigenvalue weighted by Gasteiger charge is -2.04. The third-order valence-corrected chi connectivity index (χ3v) is 4.35. The van der Waals surface area contributed by atoms with Crippen LogP contribution in [0, 0.1) is 0 Å². The van der Waals surface area contributed by atoms with Crippen LogP contribution in [0.5, 0.6) is 0 Å². The summed E-state index contributed by atoms with van der Waals surface area (Å²) in [7, 11) is 0. The Morgan fingerprint density at radius 1 is 0.750 bits per heavy atom. The van der Waals surface area contributed by atoms with Crippen molar-refractivity contribution in [1.29, 1.82) is 0 Å². The second-order valence-corrected chi connectivity index (χ2v) is 5.77. The highest BCUT2D eigenvalue weighted by atomic mass is 79.9. The largest absolute Gasteiger partial charge is 0.354 e. The molecule has 0 spiro atoms. The van der Waals surface area contributed by atoms with Crippen LogP contribution in [0.3, 0.4) is 0 Å². The lowest BCUT2D eigenvalue weighted by Crippen LogP contribution is -1.80. The van der Waals surface area contributed by atoms with Crippen molar-refractivity contribution in [3.8, 4) is 11.3 Å². The van der Waals surface area contributed by atoms with Crippen molar-refractivity contribution in [2.24, 2.45) is 0 Å². The molecule has 4 aromatic rings. The van der Waals surface area contributed by atoms with Crippen LogP contribution in [0.4, 0.5) is 0 Å². The van der Waals surface area contributed by atoms with Gasteiger partial charge in [-0.15, -0.1) is 0 Å². The Labute approximate surface area is 125 Å². The minimum Gasteiger partial charge on any atom is -0.354 e. The topological polar surface area (TPSA) is 15.8 Å². The van der Waals surface area contributed by atoms with Crippen LogP contribution in [0.1, 0.15) is 0 Å². The smallest absolute Gasteiger partial charge is 0.0603 e. The van der Waals surface area contributed by atoms with Gasteiger partial charge in [0.05, 0.1) is 5.52 Å². The number of para-hydroxylation sites is 1. The van der Waals surface area contributed by atoms with E-state index in [0.29, 0.717) is 0 Å². The summed E-state index contributed by atoms with van der Waals surface area (Å²) in [5.41, 5.74) is 3.55. The van der Waals surface area contributed by atoms with E-state index in [9.17, 15) is 0 Å². The zero-order valence-corrected chi connectivity index (χ0v) is 12.3. The molecule has 1 heterocycles. The summed E-state index contributed by atoms with van der Waals surface area (Å²) in [6, 6.07) is 23.4. The number of H-pyrrole nitrogens is 1. The minimum absolute atomic E-state index is 1.10. The average Bonchev–Trinajstić information content (AvgIpc) is 2.92. The highest BCUT2D eigenvalue weighted by Gasteiger charge is 2.08. The Morgan fingerprint density at radius 3 is 2.40 bits per heavy atom. The number of aromatic nitrogens is 1. The molecule has 0 saturated heterocycles. The molecule has 4 rings (SSSR count). The van der Waals surface area contributed by atoms with Gasteiger partial charge >= 0.3 is 0 Å². The summed E-state index contributed by atoms with van der Waals surface area (Å²) in [5, 5.41) is 3.77. The Hall–Kier alpha value is -2.06. The van der Waals surface area contributed by atoms with Gasteiger partial charge in [-0.2, -0.15) is 0 Å². The van der Waals surface area contributed by atoms with E-state index in [1.54, 1.807) is 0 Å². The van der Waals surface area contributed by atoms with E-state index < -0.39 is 0 Å². The van der Waals surface area contributed by atoms with Crippen molar-refractivity contribution in [3.63, 3.8) is 0 Å². The van der Waals surface area contributed by atoms with Gasteiger partial charge in [0, 0.05) is 21.1 Å². The van der Waals surface area contributed by atoms with E-state index in [2.05, 4.69) is 87.6 Å². The van der Waals surface area contributed by atoms with E-state index in [1.165, 1.54) is 21.7 Å². The van der Waals surface area contributed by atoms with Crippen LogP contribution < -0.4 is 0 Å². The molecule has 0 amide bonds. The highest BCUT2D eigenvalue weighted by molar-refractivity contribution is 9.10. The lowest BCUT2D eigenvalue weighted by atomic mass is 10.0. The molecule has 96 valence electrons. The van der Waals surface area contributed by atoms with Crippen LogP contribution in [0.25, 0.3) is 32.9 Å². The van der Waals surface area contributed by atoms with E-state index >= 15 is 0 Å². The van der Waals surface area contributed by atoms with Crippen LogP contribution in [0.15, 0.2) is 71.2 Å². The molecule has 3 aromatic carbocycles. The van der Waals surface area contributed by atoms with Crippen LogP contribution in [-0.2, 0) is 0 Å². The SMILES string of the molecule is Brc1cccc2cc(-c3cccc4ccccc34)[nH]c12. The number of nitrogens with one attached hydrogen (secondary N) is 1. The predicted molar refractivity (Wildman–Crippen MR) is 88.9 cm³/mol. The summed E-state index contributed by atoms with van der Waals surface area (Å²) >= 11 is 3.60. The van der Waals surface area contributed by atoms with Crippen molar-refractivity contribution in [2.75, 3.05) is 0 Å². The Balaban J connectivity index is 2.04. The van der Waals surface area contributed by atoms with E-state index in [0.717, 1.165) is 15.7 Å². The number of hydrogen-bond donors (Lipinski definition) is 1. The number of aromatic amines is 1. The lowest BCUT2D eigenvalue weighted by molar-refractivity contribution is 1.46. The number of benzene rings is 3. The van der Waals surface area contributed by atoms with Gasteiger partial charge in [0.15, 0.2) is 0 Å². The molecular weight excluding hydrogens is 310 g/mol. The second kappa shape index (κ2) is 4.50. The Morgan fingerprint density at radius 2 is 1.50 bits per heavy atom. The summed E-state index contributed by atoms with van der Waals surface area (Å²) in [6.07, 6.45) is 0. The van der Waals surface area contributed by atoms with E-state index in [-0.39, 0.29) is 0 Å². The Kier molecular flexibility index (Phi) is 2.64. The van der Waals surface area contributed by atoms with Gasteiger partial charge < -0.3 is 4.98 Å². The van der Waals surface area contributed by atoms with Gasteiger partial charge in [-0.3, -0.25) is 0 Å². The summed E-state index contributed by atoms with van der Waals surface area (Å²) in [6.45, 7) is 0. The van der Waals surface area contributed by atoms with Crippen LogP contribution in [0.2, 0.25) is 0 Å². The number of rotatable bonds is 1.